The third-order valence-electron chi connectivity index (χ3n) is 4.92. The molecular weight excluding hydrogens is 388 g/mol. The lowest BCUT2D eigenvalue weighted by atomic mass is 10.00. The molecule has 28 heavy (non-hydrogen) atoms. The van der Waals surface area contributed by atoms with Crippen molar-refractivity contribution in [1.82, 2.24) is 5.32 Å². The number of amides is 1. The van der Waals surface area contributed by atoms with E-state index in [1.54, 1.807) is 23.5 Å². The molecule has 0 bridgehead atoms. The molecule has 0 radical (unpaired) electrons. The molecule has 146 valence electrons. The predicted molar refractivity (Wildman–Crippen MR) is 118 cm³/mol. The Balaban J connectivity index is 1.48. The van der Waals surface area contributed by atoms with Gasteiger partial charge in [-0.2, -0.15) is 0 Å². The van der Waals surface area contributed by atoms with E-state index in [4.69, 9.17) is 9.73 Å². The Labute approximate surface area is 174 Å². The third kappa shape index (κ3) is 4.23. The second-order valence-electron chi connectivity index (χ2n) is 7.31. The summed E-state index contributed by atoms with van der Waals surface area (Å²) in [4.78, 5) is 17.9. The van der Waals surface area contributed by atoms with Crippen LogP contribution in [0.15, 0.2) is 53.5 Å². The van der Waals surface area contributed by atoms with E-state index >= 15 is 0 Å². The summed E-state index contributed by atoms with van der Waals surface area (Å²) in [7, 11) is 0. The van der Waals surface area contributed by atoms with E-state index < -0.39 is 0 Å². The molecule has 0 aliphatic carbocycles. The molecule has 0 saturated heterocycles. The molecule has 0 saturated carbocycles. The van der Waals surface area contributed by atoms with Crippen molar-refractivity contribution < 1.29 is 9.53 Å². The summed E-state index contributed by atoms with van der Waals surface area (Å²) in [6, 6.07) is 16.2. The summed E-state index contributed by atoms with van der Waals surface area (Å²) < 4.78 is 6.69. The number of thioether (sulfide) groups is 2. The van der Waals surface area contributed by atoms with Gasteiger partial charge in [0.15, 0.2) is 0 Å². The van der Waals surface area contributed by atoms with Gasteiger partial charge >= 0.3 is 0 Å². The van der Waals surface area contributed by atoms with Gasteiger partial charge in [0.05, 0.1) is 23.6 Å². The highest BCUT2D eigenvalue weighted by molar-refractivity contribution is 8.39. The third-order valence-corrected chi connectivity index (χ3v) is 7.66. The van der Waals surface area contributed by atoms with Gasteiger partial charge in [0.1, 0.15) is 10.1 Å². The number of rotatable bonds is 4. The predicted octanol–water partition coefficient (Wildman–Crippen LogP) is 5.32. The Kier molecular flexibility index (Phi) is 5.97. The first-order valence-corrected chi connectivity index (χ1v) is 11.5. The number of fused-ring (bicyclic) bond motifs is 2. The smallest absolute Gasteiger partial charge is 0.234 e. The Hall–Kier alpha value is -1.92. The zero-order chi connectivity index (χ0) is 19.5. The van der Waals surface area contributed by atoms with Crippen LogP contribution in [0.2, 0.25) is 0 Å². The quantitative estimate of drug-likeness (QED) is 0.738. The van der Waals surface area contributed by atoms with Crippen LogP contribution in [-0.2, 0) is 10.5 Å². The fourth-order valence-electron chi connectivity index (χ4n) is 3.42. The average Bonchev–Trinajstić information content (AvgIpc) is 2.72. The number of hydrogen-bond acceptors (Lipinski definition) is 5. The molecule has 1 N–H and O–H groups in total. The number of hydrogen-bond donors (Lipinski definition) is 1. The minimum absolute atomic E-state index is 0.000902. The van der Waals surface area contributed by atoms with Crippen LogP contribution < -0.4 is 10.1 Å². The monoisotopic (exact) mass is 412 g/mol. The van der Waals surface area contributed by atoms with Gasteiger partial charge in [-0.1, -0.05) is 73.8 Å². The molecule has 0 aromatic heterocycles. The highest BCUT2D eigenvalue weighted by Crippen LogP contribution is 2.38. The van der Waals surface area contributed by atoms with Crippen molar-refractivity contribution >= 4 is 39.5 Å². The van der Waals surface area contributed by atoms with Crippen molar-refractivity contribution in [2.24, 2.45) is 10.9 Å². The fourth-order valence-corrected chi connectivity index (χ4v) is 5.68. The number of carbonyl (C=O) groups is 1. The molecule has 4 rings (SSSR count). The summed E-state index contributed by atoms with van der Waals surface area (Å²) in [5.41, 5.74) is 3.33. The number of aliphatic imine (C=N–C) groups is 1. The zero-order valence-electron chi connectivity index (χ0n) is 16.1. The van der Waals surface area contributed by atoms with Crippen LogP contribution in [0, 0.1) is 5.92 Å². The van der Waals surface area contributed by atoms with Crippen LogP contribution in [-0.4, -0.2) is 22.1 Å². The molecule has 0 spiro atoms. The minimum atomic E-state index is -0.175. The molecule has 2 aromatic carbocycles. The van der Waals surface area contributed by atoms with Crippen LogP contribution in [0.25, 0.3) is 0 Å². The van der Waals surface area contributed by atoms with Gasteiger partial charge in [-0.05, 0) is 23.6 Å². The van der Waals surface area contributed by atoms with Crippen molar-refractivity contribution in [1.29, 1.82) is 0 Å². The first-order valence-electron chi connectivity index (χ1n) is 9.60. The first kappa shape index (κ1) is 19.4. The molecule has 2 aliphatic heterocycles. The summed E-state index contributed by atoms with van der Waals surface area (Å²) in [6.07, 6.45) is 0.793. The maximum Gasteiger partial charge on any atom is 0.234 e. The Morgan fingerprint density at radius 3 is 2.86 bits per heavy atom. The molecule has 1 amide bonds. The summed E-state index contributed by atoms with van der Waals surface area (Å²) in [5.74, 6) is 2.06. The van der Waals surface area contributed by atoms with E-state index in [1.165, 1.54) is 5.56 Å². The van der Waals surface area contributed by atoms with Gasteiger partial charge in [0, 0.05) is 17.7 Å². The molecule has 2 aromatic rings. The number of carbonyl (C=O) groups excluding carboxylic acids is 1. The Morgan fingerprint density at radius 1 is 1.21 bits per heavy atom. The first-order chi connectivity index (χ1) is 13.6. The Morgan fingerprint density at radius 2 is 2.00 bits per heavy atom. The molecule has 0 fully saturated rings. The van der Waals surface area contributed by atoms with E-state index in [0.29, 0.717) is 6.61 Å². The topological polar surface area (TPSA) is 50.7 Å². The van der Waals surface area contributed by atoms with Gasteiger partial charge in [0.2, 0.25) is 5.91 Å². The highest BCUT2D eigenvalue weighted by Gasteiger charge is 2.30. The van der Waals surface area contributed by atoms with Crippen LogP contribution in [0.1, 0.15) is 37.4 Å². The lowest BCUT2D eigenvalue weighted by molar-refractivity contribution is -0.122. The minimum Gasteiger partial charge on any atom is -0.493 e. The molecular formula is C22H24N2O2S2. The van der Waals surface area contributed by atoms with Crippen LogP contribution in [0.4, 0.5) is 5.69 Å². The van der Waals surface area contributed by atoms with E-state index in [2.05, 4.69) is 25.2 Å². The van der Waals surface area contributed by atoms with Gasteiger partial charge < -0.3 is 10.1 Å². The lowest BCUT2D eigenvalue weighted by Crippen LogP contribution is -2.40. The van der Waals surface area contributed by atoms with Crippen molar-refractivity contribution in [3.8, 4) is 5.75 Å². The lowest BCUT2D eigenvalue weighted by Gasteiger charge is -2.29. The summed E-state index contributed by atoms with van der Waals surface area (Å²) >= 11 is 3.30. The second kappa shape index (κ2) is 8.62. The van der Waals surface area contributed by atoms with Crippen LogP contribution in [0.3, 0.4) is 0 Å². The van der Waals surface area contributed by atoms with Crippen LogP contribution >= 0.6 is 23.5 Å². The van der Waals surface area contributed by atoms with E-state index in [-0.39, 0.29) is 23.1 Å². The van der Waals surface area contributed by atoms with Gasteiger partial charge in [-0.3, -0.25) is 4.79 Å². The van der Waals surface area contributed by atoms with Gasteiger partial charge in [-0.15, -0.1) is 0 Å². The maximum atomic E-state index is 13.1. The number of nitrogens with one attached hydrogen (secondary N) is 1. The van der Waals surface area contributed by atoms with Crippen molar-refractivity contribution in [2.45, 2.75) is 37.3 Å². The Bertz CT molecular complexity index is 898. The summed E-state index contributed by atoms with van der Waals surface area (Å²) in [5, 5.41) is 3.09. The molecule has 2 atom stereocenters. The van der Waals surface area contributed by atoms with Crippen molar-refractivity contribution in [3.63, 3.8) is 0 Å². The van der Waals surface area contributed by atoms with Crippen LogP contribution in [0.5, 0.6) is 5.75 Å². The van der Waals surface area contributed by atoms with Crippen molar-refractivity contribution in [2.75, 3.05) is 6.61 Å². The van der Waals surface area contributed by atoms with Gasteiger partial charge in [-0.25, -0.2) is 4.99 Å². The molecule has 2 unspecified atom stereocenters. The molecule has 2 aliphatic rings. The molecule has 2 heterocycles. The van der Waals surface area contributed by atoms with E-state index in [9.17, 15) is 4.79 Å². The second-order valence-corrected chi connectivity index (χ2v) is 9.67. The maximum absolute atomic E-state index is 13.1. The average molecular weight is 413 g/mol. The van der Waals surface area contributed by atoms with Crippen molar-refractivity contribution in [3.05, 3.63) is 59.7 Å². The molecule has 4 nitrogen and oxygen atoms in total. The largest absolute Gasteiger partial charge is 0.493 e. The van der Waals surface area contributed by atoms with Gasteiger partial charge in [0.25, 0.3) is 0 Å². The zero-order valence-corrected chi connectivity index (χ0v) is 17.7. The highest BCUT2D eigenvalue weighted by atomic mass is 32.2. The number of nitrogens with zero attached hydrogens (tertiary/aromatic N) is 1. The normalized spacial score (nSPS) is 19.1. The fraction of sp³-hybridized carbons (Fsp3) is 0.364. The number of ether oxygens (including phenoxy) is 1. The standard InChI is InChI=1S/C22H24N2O2S2/c1-14(2)20(28-22-24-17-9-5-3-7-15(17)13-27-22)21(25)23-18-11-12-26-19-10-6-4-8-16(18)19/h3-10,14,18,20H,11-13H2,1-2H3,(H,23,25). The van der Waals surface area contributed by atoms with E-state index in [0.717, 1.165) is 33.5 Å². The molecule has 6 heteroatoms. The number of para-hydroxylation sites is 2. The number of benzene rings is 2. The van der Waals surface area contributed by atoms with E-state index in [1.807, 2.05) is 42.5 Å². The summed E-state index contributed by atoms with van der Waals surface area (Å²) in [6.45, 7) is 4.81. The SMILES string of the molecule is CC(C)C(SC1=Nc2ccccc2CS1)C(=O)NC1CCOc2ccccc21.